The van der Waals surface area contributed by atoms with Crippen LogP contribution in [0.5, 0.6) is 0 Å². The van der Waals surface area contributed by atoms with E-state index in [0.29, 0.717) is 19.6 Å². The largest absolute Gasteiger partial charge is 0.392 e. The summed E-state index contributed by atoms with van der Waals surface area (Å²) >= 11 is 0. The molecule has 14 heavy (non-hydrogen) atoms. The Balaban J connectivity index is 4.13. The maximum absolute atomic E-state index is 11.9. The smallest absolute Gasteiger partial charge is 0.333 e. The molecule has 5 heteroatoms. The number of hydrogen-bond donors (Lipinski definition) is 1. The summed E-state index contributed by atoms with van der Waals surface area (Å²) in [5.74, 6) is 0. The normalized spacial score (nSPS) is 14.3. The molecular formula is C9H21O4P. The molecule has 4 nitrogen and oxygen atoms in total. The molecule has 0 saturated heterocycles. The SMILES string of the molecule is CCCC(O)CP(=O)(OCC)OCC. The van der Waals surface area contributed by atoms with E-state index in [-0.39, 0.29) is 6.16 Å². The highest BCUT2D eigenvalue weighted by Crippen LogP contribution is 2.48. The van der Waals surface area contributed by atoms with E-state index in [1.54, 1.807) is 13.8 Å². The molecule has 1 unspecified atom stereocenters. The van der Waals surface area contributed by atoms with Crippen molar-refractivity contribution in [2.75, 3.05) is 19.4 Å². The van der Waals surface area contributed by atoms with E-state index in [1.165, 1.54) is 0 Å². The Kier molecular flexibility index (Phi) is 7.47. The van der Waals surface area contributed by atoms with E-state index < -0.39 is 13.7 Å². The average molecular weight is 224 g/mol. The van der Waals surface area contributed by atoms with Gasteiger partial charge in [-0.25, -0.2) is 0 Å². The van der Waals surface area contributed by atoms with Gasteiger partial charge in [-0.2, -0.15) is 0 Å². The van der Waals surface area contributed by atoms with Crippen LogP contribution in [0.15, 0.2) is 0 Å². The molecule has 0 aromatic rings. The zero-order chi connectivity index (χ0) is 11.0. The highest BCUT2D eigenvalue weighted by Gasteiger charge is 2.26. The van der Waals surface area contributed by atoms with Crippen LogP contribution >= 0.6 is 7.60 Å². The highest BCUT2D eigenvalue weighted by atomic mass is 31.2. The van der Waals surface area contributed by atoms with Gasteiger partial charge in [0.15, 0.2) is 0 Å². The summed E-state index contributed by atoms with van der Waals surface area (Å²) in [5.41, 5.74) is 0. The monoisotopic (exact) mass is 224 g/mol. The van der Waals surface area contributed by atoms with Gasteiger partial charge < -0.3 is 14.2 Å². The van der Waals surface area contributed by atoms with Crippen LogP contribution in [0.25, 0.3) is 0 Å². The predicted molar refractivity (Wildman–Crippen MR) is 56.6 cm³/mol. The minimum absolute atomic E-state index is 0.0997. The van der Waals surface area contributed by atoms with Gasteiger partial charge in [0.1, 0.15) is 0 Å². The van der Waals surface area contributed by atoms with Crippen LogP contribution in [0.4, 0.5) is 0 Å². The molecule has 0 fully saturated rings. The Bertz CT molecular complexity index is 174. The average Bonchev–Trinajstić information content (AvgIpc) is 2.04. The molecule has 0 aliphatic carbocycles. The van der Waals surface area contributed by atoms with Crippen LogP contribution in [0.2, 0.25) is 0 Å². The van der Waals surface area contributed by atoms with Gasteiger partial charge in [-0.15, -0.1) is 0 Å². The summed E-state index contributed by atoms with van der Waals surface area (Å²) in [7, 11) is -3.06. The second kappa shape index (κ2) is 7.41. The molecule has 0 amide bonds. The first kappa shape index (κ1) is 14.1. The molecule has 0 spiro atoms. The molecule has 0 aromatic heterocycles. The van der Waals surface area contributed by atoms with E-state index in [2.05, 4.69) is 0 Å². The van der Waals surface area contributed by atoms with Gasteiger partial charge in [-0.3, -0.25) is 4.57 Å². The fourth-order valence-corrected chi connectivity index (χ4v) is 2.99. The van der Waals surface area contributed by atoms with E-state index >= 15 is 0 Å². The predicted octanol–water partition coefficient (Wildman–Crippen LogP) is 2.41. The standard InChI is InChI=1S/C9H21O4P/c1-4-7-9(10)8-14(11,12-5-2)13-6-3/h9-10H,4-8H2,1-3H3. The minimum Gasteiger partial charge on any atom is -0.392 e. The first-order valence-electron chi connectivity index (χ1n) is 5.14. The van der Waals surface area contributed by atoms with Gasteiger partial charge in [-0.05, 0) is 20.3 Å². The van der Waals surface area contributed by atoms with Gasteiger partial charge in [0, 0.05) is 0 Å². The first-order chi connectivity index (χ1) is 6.58. The zero-order valence-corrected chi connectivity index (χ0v) is 10.1. The number of hydrogen-bond acceptors (Lipinski definition) is 4. The third kappa shape index (κ3) is 5.76. The van der Waals surface area contributed by atoms with Crippen molar-refractivity contribution in [3.63, 3.8) is 0 Å². The lowest BCUT2D eigenvalue weighted by Crippen LogP contribution is -2.15. The summed E-state index contributed by atoms with van der Waals surface area (Å²) in [6.45, 7) is 6.18. The molecule has 1 atom stereocenters. The summed E-state index contributed by atoms with van der Waals surface area (Å²) < 4.78 is 22.0. The molecule has 0 aliphatic heterocycles. The summed E-state index contributed by atoms with van der Waals surface area (Å²) in [6.07, 6.45) is 0.996. The van der Waals surface area contributed by atoms with Gasteiger partial charge in [0.25, 0.3) is 0 Å². The van der Waals surface area contributed by atoms with Gasteiger partial charge in [0.05, 0.1) is 25.5 Å². The fourth-order valence-electron chi connectivity index (χ4n) is 1.22. The molecule has 0 bridgehead atoms. The van der Waals surface area contributed by atoms with E-state index in [0.717, 1.165) is 6.42 Å². The third-order valence-electron chi connectivity index (χ3n) is 1.71. The number of aliphatic hydroxyl groups is 1. The fraction of sp³-hybridized carbons (Fsp3) is 1.00. The number of aliphatic hydroxyl groups excluding tert-OH is 1. The Morgan fingerprint density at radius 2 is 1.71 bits per heavy atom. The van der Waals surface area contributed by atoms with Crippen LogP contribution in [-0.4, -0.2) is 30.6 Å². The topological polar surface area (TPSA) is 55.8 Å². The highest BCUT2D eigenvalue weighted by molar-refractivity contribution is 7.53. The summed E-state index contributed by atoms with van der Waals surface area (Å²) in [6, 6.07) is 0. The second-order valence-electron chi connectivity index (χ2n) is 3.07. The van der Waals surface area contributed by atoms with Crippen molar-refractivity contribution in [1.29, 1.82) is 0 Å². The Hall–Kier alpha value is 0.110. The quantitative estimate of drug-likeness (QED) is 0.643. The van der Waals surface area contributed by atoms with Crippen LogP contribution in [0.3, 0.4) is 0 Å². The van der Waals surface area contributed by atoms with Gasteiger partial charge in [0.2, 0.25) is 0 Å². The van der Waals surface area contributed by atoms with Crippen molar-refractivity contribution in [1.82, 2.24) is 0 Å². The third-order valence-corrected chi connectivity index (χ3v) is 3.88. The molecule has 0 heterocycles. The van der Waals surface area contributed by atoms with E-state index in [4.69, 9.17) is 9.05 Å². The molecular weight excluding hydrogens is 203 g/mol. The maximum Gasteiger partial charge on any atom is 0.333 e. The minimum atomic E-state index is -3.06. The molecule has 86 valence electrons. The van der Waals surface area contributed by atoms with Crippen molar-refractivity contribution >= 4 is 7.60 Å². The lowest BCUT2D eigenvalue weighted by Gasteiger charge is -2.19. The molecule has 0 aromatic carbocycles. The molecule has 0 aliphatic rings. The van der Waals surface area contributed by atoms with Crippen LogP contribution in [0.1, 0.15) is 33.6 Å². The molecule has 0 saturated carbocycles. The van der Waals surface area contributed by atoms with Crippen molar-refractivity contribution in [2.45, 2.75) is 39.7 Å². The van der Waals surface area contributed by atoms with E-state index in [1.807, 2.05) is 6.92 Å². The lowest BCUT2D eigenvalue weighted by atomic mass is 10.2. The van der Waals surface area contributed by atoms with E-state index in [9.17, 15) is 9.67 Å². The van der Waals surface area contributed by atoms with Gasteiger partial charge in [-0.1, -0.05) is 13.3 Å². The van der Waals surface area contributed by atoms with Crippen LogP contribution in [-0.2, 0) is 13.6 Å². The van der Waals surface area contributed by atoms with Crippen LogP contribution < -0.4 is 0 Å². The Labute approximate surface area is 86.1 Å². The Morgan fingerprint density at radius 1 is 1.21 bits per heavy atom. The van der Waals surface area contributed by atoms with Crippen molar-refractivity contribution in [3.8, 4) is 0 Å². The molecule has 0 rings (SSSR count). The molecule has 1 N–H and O–H groups in total. The Morgan fingerprint density at radius 3 is 2.07 bits per heavy atom. The van der Waals surface area contributed by atoms with Crippen molar-refractivity contribution in [2.24, 2.45) is 0 Å². The zero-order valence-electron chi connectivity index (χ0n) is 9.23. The second-order valence-corrected chi connectivity index (χ2v) is 5.17. The van der Waals surface area contributed by atoms with Crippen molar-refractivity contribution in [3.05, 3.63) is 0 Å². The summed E-state index contributed by atoms with van der Waals surface area (Å²) in [4.78, 5) is 0. The number of rotatable bonds is 8. The van der Waals surface area contributed by atoms with Gasteiger partial charge >= 0.3 is 7.60 Å². The van der Waals surface area contributed by atoms with Crippen molar-refractivity contribution < 1.29 is 18.7 Å². The van der Waals surface area contributed by atoms with Crippen LogP contribution in [0, 0.1) is 0 Å². The molecule has 0 radical (unpaired) electrons. The lowest BCUT2D eigenvalue weighted by molar-refractivity contribution is 0.161. The summed E-state index contributed by atoms with van der Waals surface area (Å²) in [5, 5.41) is 9.51. The maximum atomic E-state index is 11.9. The first-order valence-corrected chi connectivity index (χ1v) is 6.87.